The molecule has 0 saturated carbocycles. The van der Waals surface area contributed by atoms with Crippen LogP contribution in [0, 0.1) is 17.6 Å². The first-order valence-electron chi connectivity index (χ1n) is 11.4. The van der Waals surface area contributed by atoms with Gasteiger partial charge in [-0.05, 0) is 66.9 Å². The average molecular weight is 478 g/mol. The predicted octanol–water partition coefficient (Wildman–Crippen LogP) is 4.64. The van der Waals surface area contributed by atoms with Crippen LogP contribution in [0.1, 0.15) is 28.8 Å². The molecule has 1 saturated heterocycles. The van der Waals surface area contributed by atoms with Gasteiger partial charge in [-0.2, -0.15) is 0 Å². The molecule has 6 nitrogen and oxygen atoms in total. The zero-order valence-electron chi connectivity index (χ0n) is 19.0. The van der Waals surface area contributed by atoms with Gasteiger partial charge in [0.1, 0.15) is 11.6 Å². The van der Waals surface area contributed by atoms with Gasteiger partial charge >= 0.3 is 0 Å². The van der Waals surface area contributed by atoms with E-state index in [0.717, 1.165) is 5.56 Å². The molecule has 0 spiro atoms. The topological polar surface area (TPSA) is 78.5 Å². The molecule has 1 unspecified atom stereocenters. The Bertz CT molecular complexity index is 1230. The van der Waals surface area contributed by atoms with Crippen molar-refractivity contribution in [2.45, 2.75) is 19.3 Å². The number of hydrogen-bond donors (Lipinski definition) is 2. The molecule has 180 valence electrons. The number of anilines is 2. The van der Waals surface area contributed by atoms with Crippen LogP contribution in [0.4, 0.5) is 20.2 Å². The summed E-state index contributed by atoms with van der Waals surface area (Å²) in [7, 11) is 0. The molecule has 1 fully saturated rings. The quantitative estimate of drug-likeness (QED) is 0.543. The molecule has 0 radical (unpaired) electrons. The minimum atomic E-state index is -0.457. The van der Waals surface area contributed by atoms with Crippen molar-refractivity contribution < 1.29 is 23.2 Å². The van der Waals surface area contributed by atoms with Crippen LogP contribution < -0.4 is 10.6 Å². The van der Waals surface area contributed by atoms with Crippen molar-refractivity contribution in [2.75, 3.05) is 23.7 Å². The van der Waals surface area contributed by atoms with Crippen molar-refractivity contribution >= 4 is 29.1 Å². The van der Waals surface area contributed by atoms with Gasteiger partial charge in [-0.15, -0.1) is 0 Å². The van der Waals surface area contributed by atoms with Crippen molar-refractivity contribution in [1.29, 1.82) is 0 Å². The Hall–Kier alpha value is -4.07. The Labute approximate surface area is 201 Å². The summed E-state index contributed by atoms with van der Waals surface area (Å²) in [4.78, 5) is 39.8. The molecule has 2 N–H and O–H groups in total. The number of rotatable bonds is 6. The van der Waals surface area contributed by atoms with E-state index in [-0.39, 0.29) is 30.0 Å². The summed E-state index contributed by atoms with van der Waals surface area (Å²) in [5.41, 5.74) is 1.82. The monoisotopic (exact) mass is 477 g/mol. The van der Waals surface area contributed by atoms with Crippen LogP contribution in [0.2, 0.25) is 0 Å². The zero-order valence-corrected chi connectivity index (χ0v) is 19.0. The summed E-state index contributed by atoms with van der Waals surface area (Å²) in [5, 5.41) is 5.46. The van der Waals surface area contributed by atoms with E-state index in [1.807, 2.05) is 0 Å². The number of benzene rings is 3. The number of amides is 3. The van der Waals surface area contributed by atoms with Crippen molar-refractivity contribution in [1.82, 2.24) is 4.90 Å². The van der Waals surface area contributed by atoms with Gasteiger partial charge in [0, 0.05) is 30.0 Å². The highest BCUT2D eigenvalue weighted by molar-refractivity contribution is 6.05. The second kappa shape index (κ2) is 10.9. The smallest absolute Gasteiger partial charge is 0.255 e. The molecule has 0 aromatic heterocycles. The molecule has 4 rings (SSSR count). The lowest BCUT2D eigenvalue weighted by molar-refractivity contribution is -0.133. The predicted molar refractivity (Wildman–Crippen MR) is 129 cm³/mol. The number of piperidine rings is 1. The van der Waals surface area contributed by atoms with E-state index in [1.54, 1.807) is 47.4 Å². The third-order valence-electron chi connectivity index (χ3n) is 5.89. The van der Waals surface area contributed by atoms with Gasteiger partial charge in [0.05, 0.1) is 12.3 Å². The lowest BCUT2D eigenvalue weighted by Crippen LogP contribution is -2.44. The maximum Gasteiger partial charge on any atom is 0.255 e. The molecule has 1 aliphatic heterocycles. The van der Waals surface area contributed by atoms with Gasteiger partial charge in [0.2, 0.25) is 11.8 Å². The van der Waals surface area contributed by atoms with E-state index >= 15 is 0 Å². The van der Waals surface area contributed by atoms with Crippen LogP contribution in [-0.4, -0.2) is 35.7 Å². The molecule has 1 atom stereocenters. The van der Waals surface area contributed by atoms with E-state index < -0.39 is 11.7 Å². The van der Waals surface area contributed by atoms with Crippen LogP contribution in [0.3, 0.4) is 0 Å². The van der Waals surface area contributed by atoms with E-state index in [2.05, 4.69) is 10.6 Å². The number of halogens is 2. The van der Waals surface area contributed by atoms with Gasteiger partial charge in [0.15, 0.2) is 0 Å². The molecule has 0 bridgehead atoms. The number of hydrogen-bond acceptors (Lipinski definition) is 3. The highest BCUT2D eigenvalue weighted by Crippen LogP contribution is 2.21. The van der Waals surface area contributed by atoms with Crippen LogP contribution in [0.15, 0.2) is 72.8 Å². The van der Waals surface area contributed by atoms with E-state index in [9.17, 15) is 23.2 Å². The lowest BCUT2D eigenvalue weighted by Gasteiger charge is -2.32. The summed E-state index contributed by atoms with van der Waals surface area (Å²) >= 11 is 0. The first-order valence-corrected chi connectivity index (χ1v) is 11.4. The molecule has 0 aliphatic carbocycles. The Kier molecular flexibility index (Phi) is 7.50. The van der Waals surface area contributed by atoms with E-state index in [0.29, 0.717) is 42.9 Å². The lowest BCUT2D eigenvalue weighted by atomic mass is 9.96. The maximum atomic E-state index is 13.4. The average Bonchev–Trinajstić information content (AvgIpc) is 2.85. The fourth-order valence-corrected chi connectivity index (χ4v) is 4.06. The summed E-state index contributed by atoms with van der Waals surface area (Å²) < 4.78 is 26.5. The van der Waals surface area contributed by atoms with Gasteiger partial charge in [-0.3, -0.25) is 14.4 Å². The Morgan fingerprint density at radius 2 is 1.57 bits per heavy atom. The maximum absolute atomic E-state index is 13.4. The van der Waals surface area contributed by atoms with Crippen LogP contribution in [0.5, 0.6) is 0 Å². The minimum Gasteiger partial charge on any atom is -0.342 e. The molecular formula is C27H25F2N3O3. The molecule has 8 heteroatoms. The molecular weight excluding hydrogens is 452 g/mol. The summed E-state index contributed by atoms with van der Waals surface area (Å²) in [6.45, 7) is 0.866. The molecule has 3 aromatic carbocycles. The molecule has 1 aliphatic rings. The number of nitrogens with zero attached hydrogens (tertiary/aromatic N) is 1. The largest absolute Gasteiger partial charge is 0.342 e. The summed E-state index contributed by atoms with van der Waals surface area (Å²) in [5.74, 6) is -1.96. The van der Waals surface area contributed by atoms with Crippen LogP contribution >= 0.6 is 0 Å². The molecule has 3 amide bonds. The highest BCUT2D eigenvalue weighted by atomic mass is 19.1. The molecule has 35 heavy (non-hydrogen) atoms. The van der Waals surface area contributed by atoms with Gasteiger partial charge < -0.3 is 15.5 Å². The third-order valence-corrected chi connectivity index (χ3v) is 5.89. The Balaban J connectivity index is 1.35. The fourth-order valence-electron chi connectivity index (χ4n) is 4.06. The normalized spacial score (nSPS) is 15.4. The van der Waals surface area contributed by atoms with Gasteiger partial charge in [0.25, 0.3) is 5.91 Å². The van der Waals surface area contributed by atoms with Crippen molar-refractivity contribution in [3.05, 3.63) is 95.6 Å². The highest BCUT2D eigenvalue weighted by Gasteiger charge is 2.28. The fraction of sp³-hybridized carbons (Fsp3) is 0.222. The molecule has 3 aromatic rings. The second-order valence-corrected chi connectivity index (χ2v) is 8.52. The Morgan fingerprint density at radius 3 is 2.31 bits per heavy atom. The Morgan fingerprint density at radius 1 is 0.857 bits per heavy atom. The van der Waals surface area contributed by atoms with E-state index in [4.69, 9.17) is 0 Å². The van der Waals surface area contributed by atoms with Crippen molar-refractivity contribution in [3.8, 4) is 0 Å². The summed E-state index contributed by atoms with van der Waals surface area (Å²) in [6, 6.07) is 17.9. The zero-order chi connectivity index (χ0) is 24.8. The SMILES string of the molecule is O=C(Nc1cccc(F)c1)c1cccc(NC(=O)C2CCCN(C(=O)Cc3ccc(F)cc3)C2)c1. The van der Waals surface area contributed by atoms with Crippen LogP contribution in [-0.2, 0) is 16.0 Å². The number of carbonyl (C=O) groups excluding carboxylic acids is 3. The first kappa shape index (κ1) is 24.1. The number of carbonyl (C=O) groups is 3. The van der Waals surface area contributed by atoms with Crippen LogP contribution in [0.25, 0.3) is 0 Å². The number of nitrogens with one attached hydrogen (secondary N) is 2. The number of likely N-dealkylation sites (tertiary alicyclic amines) is 1. The van der Waals surface area contributed by atoms with Crippen molar-refractivity contribution in [3.63, 3.8) is 0 Å². The molecule has 1 heterocycles. The van der Waals surface area contributed by atoms with Gasteiger partial charge in [-0.1, -0.05) is 24.3 Å². The third kappa shape index (κ3) is 6.50. The van der Waals surface area contributed by atoms with Gasteiger partial charge in [-0.25, -0.2) is 8.78 Å². The van der Waals surface area contributed by atoms with Crippen molar-refractivity contribution in [2.24, 2.45) is 5.92 Å². The first-order chi connectivity index (χ1) is 16.9. The second-order valence-electron chi connectivity index (χ2n) is 8.52. The van der Waals surface area contributed by atoms with E-state index in [1.165, 1.54) is 30.3 Å². The summed E-state index contributed by atoms with van der Waals surface area (Å²) in [6.07, 6.45) is 1.49. The standard InChI is InChI=1S/C27H25F2N3O3/c28-21-11-9-18(10-12-21)14-25(33)32-13-3-5-20(17-32)27(35)30-23-7-1-4-19(15-23)26(34)31-24-8-2-6-22(29)16-24/h1-2,4,6-12,15-16,20H,3,5,13-14,17H2,(H,30,35)(H,31,34). The minimum absolute atomic E-state index is 0.106.